The summed E-state index contributed by atoms with van der Waals surface area (Å²) in [5.41, 5.74) is 2.08. The van der Waals surface area contributed by atoms with Crippen LogP contribution >= 0.6 is 0 Å². The van der Waals surface area contributed by atoms with Crippen molar-refractivity contribution in [3.63, 3.8) is 0 Å². The second kappa shape index (κ2) is 6.40. The zero-order valence-corrected chi connectivity index (χ0v) is 11.0. The zero-order valence-electron chi connectivity index (χ0n) is 11.0. The molecule has 94 valence electrons. The van der Waals surface area contributed by atoms with Gasteiger partial charge in [0.05, 0.1) is 7.11 Å². The Morgan fingerprint density at radius 2 is 2.00 bits per heavy atom. The molecule has 0 saturated carbocycles. The number of esters is 1. The van der Waals surface area contributed by atoms with Crippen molar-refractivity contribution in [1.82, 2.24) is 5.32 Å². The van der Waals surface area contributed by atoms with Gasteiger partial charge < -0.3 is 10.1 Å². The number of ether oxygens (including phenoxy) is 1. The van der Waals surface area contributed by atoms with Gasteiger partial charge in [-0.1, -0.05) is 38.1 Å². The summed E-state index contributed by atoms with van der Waals surface area (Å²) in [4.78, 5) is 11.8. The summed E-state index contributed by atoms with van der Waals surface area (Å²) in [5.74, 6) is 0.256. The van der Waals surface area contributed by atoms with Gasteiger partial charge >= 0.3 is 5.97 Å². The summed E-state index contributed by atoms with van der Waals surface area (Å²) in [5, 5.41) is 3.25. The highest BCUT2D eigenvalue weighted by Crippen LogP contribution is 2.18. The molecule has 1 aromatic rings. The third-order valence-corrected chi connectivity index (χ3v) is 2.67. The molecule has 0 aliphatic heterocycles. The van der Waals surface area contributed by atoms with Crippen LogP contribution in [-0.4, -0.2) is 19.6 Å². The average molecular weight is 235 g/mol. The second-order valence-corrected chi connectivity index (χ2v) is 4.61. The maximum absolute atomic E-state index is 11.8. The Bertz CT molecular complexity index is 374. The predicted molar refractivity (Wildman–Crippen MR) is 68.8 cm³/mol. The molecule has 0 saturated heterocycles. The Kier molecular flexibility index (Phi) is 5.16. The first kappa shape index (κ1) is 13.7. The summed E-state index contributed by atoms with van der Waals surface area (Å²) in [7, 11) is 1.42. The first-order valence-corrected chi connectivity index (χ1v) is 5.93. The van der Waals surface area contributed by atoms with E-state index in [4.69, 9.17) is 4.74 Å². The fourth-order valence-corrected chi connectivity index (χ4v) is 1.70. The topological polar surface area (TPSA) is 38.3 Å². The summed E-state index contributed by atoms with van der Waals surface area (Å²) in [6.07, 6.45) is 0. The number of carbonyl (C=O) groups is 1. The SMILES string of the molecule is COC(=O)C(NCC(C)C)c1ccccc1C. The standard InChI is InChI=1S/C14H21NO2/c1-10(2)9-15-13(14(16)17-4)12-8-6-5-7-11(12)3/h5-8,10,13,15H,9H2,1-4H3. The van der Waals surface area contributed by atoms with Crippen LogP contribution in [0, 0.1) is 12.8 Å². The van der Waals surface area contributed by atoms with Crippen molar-refractivity contribution in [2.45, 2.75) is 26.8 Å². The van der Waals surface area contributed by atoms with Crippen LogP contribution < -0.4 is 5.32 Å². The highest BCUT2D eigenvalue weighted by Gasteiger charge is 2.22. The molecular formula is C14H21NO2. The van der Waals surface area contributed by atoms with Crippen LogP contribution in [0.3, 0.4) is 0 Å². The van der Waals surface area contributed by atoms with E-state index in [9.17, 15) is 4.79 Å². The minimum atomic E-state index is -0.372. The molecule has 0 aliphatic carbocycles. The number of hydrogen-bond acceptors (Lipinski definition) is 3. The molecule has 1 aromatic carbocycles. The molecule has 0 heterocycles. The van der Waals surface area contributed by atoms with Crippen LogP contribution in [0.1, 0.15) is 31.0 Å². The van der Waals surface area contributed by atoms with Crippen LogP contribution in [0.2, 0.25) is 0 Å². The Morgan fingerprint density at radius 1 is 1.35 bits per heavy atom. The molecule has 3 nitrogen and oxygen atoms in total. The average Bonchev–Trinajstić information content (AvgIpc) is 2.30. The van der Waals surface area contributed by atoms with E-state index >= 15 is 0 Å². The minimum Gasteiger partial charge on any atom is -0.468 e. The maximum Gasteiger partial charge on any atom is 0.327 e. The minimum absolute atomic E-state index is 0.236. The van der Waals surface area contributed by atoms with E-state index in [2.05, 4.69) is 19.2 Å². The third kappa shape index (κ3) is 3.86. The first-order valence-electron chi connectivity index (χ1n) is 5.93. The monoisotopic (exact) mass is 235 g/mol. The number of rotatable bonds is 5. The van der Waals surface area contributed by atoms with Crippen LogP contribution in [0.15, 0.2) is 24.3 Å². The Hall–Kier alpha value is -1.35. The van der Waals surface area contributed by atoms with Crippen LogP contribution in [0.4, 0.5) is 0 Å². The molecule has 0 spiro atoms. The highest BCUT2D eigenvalue weighted by molar-refractivity contribution is 5.78. The summed E-state index contributed by atoms with van der Waals surface area (Å²) >= 11 is 0. The lowest BCUT2D eigenvalue weighted by Crippen LogP contribution is -2.32. The van der Waals surface area contributed by atoms with E-state index in [0.29, 0.717) is 5.92 Å². The van der Waals surface area contributed by atoms with Crippen molar-refractivity contribution >= 4 is 5.97 Å². The fourth-order valence-electron chi connectivity index (χ4n) is 1.70. The lowest BCUT2D eigenvalue weighted by atomic mass is 10.0. The van der Waals surface area contributed by atoms with Crippen molar-refractivity contribution < 1.29 is 9.53 Å². The van der Waals surface area contributed by atoms with Gasteiger partial charge in [-0.15, -0.1) is 0 Å². The molecule has 1 rings (SSSR count). The Labute approximate surface area is 103 Å². The largest absolute Gasteiger partial charge is 0.468 e. The number of nitrogens with one attached hydrogen (secondary N) is 1. The van der Waals surface area contributed by atoms with E-state index in [0.717, 1.165) is 17.7 Å². The Morgan fingerprint density at radius 3 is 2.53 bits per heavy atom. The molecule has 1 N–H and O–H groups in total. The number of methoxy groups -OCH3 is 1. The maximum atomic E-state index is 11.8. The molecule has 1 unspecified atom stereocenters. The van der Waals surface area contributed by atoms with Crippen LogP contribution in [-0.2, 0) is 9.53 Å². The van der Waals surface area contributed by atoms with Gasteiger partial charge in [0, 0.05) is 0 Å². The number of carbonyl (C=O) groups excluding carboxylic acids is 1. The molecule has 0 bridgehead atoms. The number of aryl methyl sites for hydroxylation is 1. The van der Waals surface area contributed by atoms with Gasteiger partial charge in [-0.25, -0.2) is 4.79 Å². The van der Waals surface area contributed by atoms with Gasteiger partial charge in [-0.05, 0) is 30.5 Å². The fraction of sp³-hybridized carbons (Fsp3) is 0.500. The van der Waals surface area contributed by atoms with Crippen molar-refractivity contribution in [2.75, 3.05) is 13.7 Å². The van der Waals surface area contributed by atoms with E-state index < -0.39 is 0 Å². The van der Waals surface area contributed by atoms with Crippen LogP contribution in [0.5, 0.6) is 0 Å². The summed E-state index contributed by atoms with van der Waals surface area (Å²) in [6, 6.07) is 7.50. The smallest absolute Gasteiger partial charge is 0.327 e. The third-order valence-electron chi connectivity index (χ3n) is 2.67. The van der Waals surface area contributed by atoms with Crippen molar-refractivity contribution in [3.8, 4) is 0 Å². The van der Waals surface area contributed by atoms with Gasteiger partial charge in [0.1, 0.15) is 6.04 Å². The summed E-state index contributed by atoms with van der Waals surface area (Å²) < 4.78 is 4.85. The highest BCUT2D eigenvalue weighted by atomic mass is 16.5. The number of benzene rings is 1. The van der Waals surface area contributed by atoms with Gasteiger partial charge in [-0.2, -0.15) is 0 Å². The van der Waals surface area contributed by atoms with E-state index in [1.54, 1.807) is 0 Å². The van der Waals surface area contributed by atoms with Crippen molar-refractivity contribution in [3.05, 3.63) is 35.4 Å². The molecule has 17 heavy (non-hydrogen) atoms. The van der Waals surface area contributed by atoms with E-state index in [1.165, 1.54) is 7.11 Å². The molecule has 1 atom stereocenters. The molecule has 0 aromatic heterocycles. The quantitative estimate of drug-likeness (QED) is 0.797. The molecule has 0 aliphatic rings. The van der Waals surface area contributed by atoms with Crippen molar-refractivity contribution in [2.24, 2.45) is 5.92 Å². The first-order chi connectivity index (χ1) is 8.06. The molecule has 0 amide bonds. The lowest BCUT2D eigenvalue weighted by molar-refractivity contribution is -0.143. The molecule has 0 radical (unpaired) electrons. The van der Waals surface area contributed by atoms with Gasteiger partial charge in [-0.3, -0.25) is 0 Å². The van der Waals surface area contributed by atoms with Gasteiger partial charge in [0.25, 0.3) is 0 Å². The molecule has 0 fully saturated rings. The Balaban J connectivity index is 2.90. The van der Waals surface area contributed by atoms with Gasteiger partial charge in [0.2, 0.25) is 0 Å². The zero-order chi connectivity index (χ0) is 12.8. The number of hydrogen-bond donors (Lipinski definition) is 1. The summed E-state index contributed by atoms with van der Waals surface area (Å²) in [6.45, 7) is 7.01. The van der Waals surface area contributed by atoms with Crippen LogP contribution in [0.25, 0.3) is 0 Å². The van der Waals surface area contributed by atoms with E-state index in [-0.39, 0.29) is 12.0 Å². The van der Waals surface area contributed by atoms with Gasteiger partial charge in [0.15, 0.2) is 0 Å². The second-order valence-electron chi connectivity index (χ2n) is 4.61. The molecule has 3 heteroatoms. The van der Waals surface area contributed by atoms with E-state index in [1.807, 2.05) is 31.2 Å². The van der Waals surface area contributed by atoms with Crippen molar-refractivity contribution in [1.29, 1.82) is 0 Å². The normalized spacial score (nSPS) is 12.5. The predicted octanol–water partition coefficient (Wildman–Crippen LogP) is 2.45. The molecular weight excluding hydrogens is 214 g/mol. The lowest BCUT2D eigenvalue weighted by Gasteiger charge is -2.19.